The first-order valence-electron chi connectivity index (χ1n) is 12.6. The first-order chi connectivity index (χ1) is 14.0. The highest BCUT2D eigenvalue weighted by molar-refractivity contribution is 6.70. The highest BCUT2D eigenvalue weighted by atomic mass is 28.4. The number of oxime groups is 1. The SMILES string of the molecule is CC[C@]12CC[C@H]3[C@@H](CC=C4C/C(=N\O[Si](C)(C)C)CC[C@@H]43)[C@@H]1CC[C@@H]2O[Si](C)(C)C. The third-order valence-corrected chi connectivity index (χ3v) is 10.2. The number of allylic oxidation sites excluding steroid dienone is 2. The summed E-state index contributed by atoms with van der Waals surface area (Å²) in [5, 5.41) is 4.60. The molecule has 3 saturated carbocycles. The van der Waals surface area contributed by atoms with Crippen molar-refractivity contribution in [1.29, 1.82) is 0 Å². The normalized spacial score (nSPS) is 40.4. The minimum Gasteiger partial charge on any atom is -0.456 e. The predicted molar refractivity (Wildman–Crippen MR) is 132 cm³/mol. The van der Waals surface area contributed by atoms with Crippen molar-refractivity contribution in [1.82, 2.24) is 0 Å². The van der Waals surface area contributed by atoms with E-state index in [-0.39, 0.29) is 0 Å². The maximum Gasteiger partial charge on any atom is 0.278 e. The highest BCUT2D eigenvalue weighted by Gasteiger charge is 2.58. The van der Waals surface area contributed by atoms with Crippen LogP contribution < -0.4 is 0 Å². The topological polar surface area (TPSA) is 30.8 Å². The summed E-state index contributed by atoms with van der Waals surface area (Å²) in [4.78, 5) is 0. The molecule has 3 nitrogen and oxygen atoms in total. The summed E-state index contributed by atoms with van der Waals surface area (Å²) in [6.07, 6.45) is 14.8. The van der Waals surface area contributed by atoms with Gasteiger partial charge in [0.05, 0.1) is 11.8 Å². The molecule has 0 saturated heterocycles. The molecule has 0 aromatic carbocycles. The van der Waals surface area contributed by atoms with Crippen molar-refractivity contribution in [2.75, 3.05) is 0 Å². The van der Waals surface area contributed by atoms with E-state index in [1.165, 1.54) is 50.7 Å². The van der Waals surface area contributed by atoms with Crippen molar-refractivity contribution in [3.05, 3.63) is 11.6 Å². The highest BCUT2D eigenvalue weighted by Crippen LogP contribution is 2.63. The molecule has 0 aliphatic heterocycles. The number of nitrogens with zero attached hydrogens (tertiary/aromatic N) is 1. The number of hydrogen-bond donors (Lipinski definition) is 0. The van der Waals surface area contributed by atoms with Gasteiger partial charge in [0.2, 0.25) is 0 Å². The summed E-state index contributed by atoms with van der Waals surface area (Å²) in [7, 11) is -3.08. The van der Waals surface area contributed by atoms with Crippen LogP contribution in [0.2, 0.25) is 39.3 Å². The van der Waals surface area contributed by atoms with Crippen LogP contribution in [0.15, 0.2) is 16.8 Å². The Morgan fingerprint density at radius 3 is 2.43 bits per heavy atom. The Kier molecular flexibility index (Phi) is 6.22. The van der Waals surface area contributed by atoms with Gasteiger partial charge in [0, 0.05) is 6.42 Å². The monoisotopic (exact) mass is 447 g/mol. The van der Waals surface area contributed by atoms with Crippen LogP contribution in [0.3, 0.4) is 0 Å². The summed E-state index contributed by atoms with van der Waals surface area (Å²) >= 11 is 0. The molecule has 5 heteroatoms. The third-order valence-electron chi connectivity index (χ3n) is 8.53. The maximum atomic E-state index is 6.81. The lowest BCUT2D eigenvalue weighted by Gasteiger charge is -2.54. The van der Waals surface area contributed by atoms with Crippen LogP contribution in [0.4, 0.5) is 0 Å². The van der Waals surface area contributed by atoms with Gasteiger partial charge in [-0.3, -0.25) is 0 Å². The number of rotatable bonds is 5. The molecule has 4 aliphatic carbocycles. The van der Waals surface area contributed by atoms with Crippen molar-refractivity contribution in [2.24, 2.45) is 34.2 Å². The zero-order valence-electron chi connectivity index (χ0n) is 20.6. The van der Waals surface area contributed by atoms with Crippen LogP contribution in [0.1, 0.15) is 64.7 Å². The maximum absolute atomic E-state index is 6.81. The van der Waals surface area contributed by atoms with Crippen molar-refractivity contribution in [3.8, 4) is 0 Å². The van der Waals surface area contributed by atoms with Crippen molar-refractivity contribution in [2.45, 2.75) is 110 Å². The average molecular weight is 448 g/mol. The van der Waals surface area contributed by atoms with Crippen LogP contribution in [-0.2, 0) is 8.95 Å². The smallest absolute Gasteiger partial charge is 0.278 e. The lowest BCUT2D eigenvalue weighted by Crippen LogP contribution is -2.50. The van der Waals surface area contributed by atoms with E-state index in [1.54, 1.807) is 5.57 Å². The van der Waals surface area contributed by atoms with Gasteiger partial charge in [-0.05, 0) is 120 Å². The van der Waals surface area contributed by atoms with Gasteiger partial charge in [0.15, 0.2) is 8.32 Å². The average Bonchev–Trinajstić information content (AvgIpc) is 3.02. The van der Waals surface area contributed by atoms with Gasteiger partial charge in [-0.2, -0.15) is 0 Å². The van der Waals surface area contributed by atoms with Crippen LogP contribution >= 0.6 is 0 Å². The predicted octanol–water partition coefficient (Wildman–Crippen LogP) is 7.38. The van der Waals surface area contributed by atoms with Crippen molar-refractivity contribution >= 4 is 22.3 Å². The van der Waals surface area contributed by atoms with E-state index in [2.05, 4.69) is 57.4 Å². The molecule has 0 aromatic rings. The Morgan fingerprint density at radius 1 is 1.00 bits per heavy atom. The standard InChI is InChI=1S/C25H45NO2Si2/c1-8-25-16-15-21-20-12-10-19(26-28-30(5,6)7)17-18(20)9-11-22(21)23(25)13-14-24(25)27-29(2,3)4/h9,20-24H,8,10-17H2,1-7H3/b26-19-/t20-,21+,22+,23-,24-,25-/m0/s1. The first kappa shape index (κ1) is 22.8. The summed E-state index contributed by atoms with van der Waals surface area (Å²) in [6, 6.07) is 0. The fourth-order valence-electron chi connectivity index (χ4n) is 7.43. The first-order valence-corrected chi connectivity index (χ1v) is 19.4. The van der Waals surface area contributed by atoms with E-state index >= 15 is 0 Å². The Balaban J connectivity index is 1.50. The van der Waals surface area contributed by atoms with Crippen molar-refractivity contribution < 1.29 is 8.95 Å². The quantitative estimate of drug-likeness (QED) is 0.250. The third kappa shape index (κ3) is 4.40. The molecular weight excluding hydrogens is 402 g/mol. The van der Waals surface area contributed by atoms with Gasteiger partial charge in [0.1, 0.15) is 0 Å². The molecule has 0 amide bonds. The van der Waals surface area contributed by atoms with Gasteiger partial charge in [-0.15, -0.1) is 5.16 Å². The van der Waals surface area contributed by atoms with Crippen LogP contribution in [0.25, 0.3) is 0 Å². The molecule has 0 heterocycles. The van der Waals surface area contributed by atoms with Crippen LogP contribution in [0, 0.1) is 29.1 Å². The summed E-state index contributed by atoms with van der Waals surface area (Å²) in [5.74, 6) is 3.48. The number of hydrogen-bond acceptors (Lipinski definition) is 3. The molecule has 0 aromatic heterocycles. The van der Waals surface area contributed by atoms with E-state index < -0.39 is 16.6 Å². The number of fused-ring (bicyclic) bond motifs is 5. The summed E-state index contributed by atoms with van der Waals surface area (Å²) < 4.78 is 12.7. The minimum absolute atomic E-state index is 0.458. The summed E-state index contributed by atoms with van der Waals surface area (Å²) in [5.41, 5.74) is 3.44. The van der Waals surface area contributed by atoms with Crippen LogP contribution in [0.5, 0.6) is 0 Å². The van der Waals surface area contributed by atoms with Gasteiger partial charge in [-0.25, -0.2) is 0 Å². The lowest BCUT2D eigenvalue weighted by molar-refractivity contribution is -0.0541. The molecule has 30 heavy (non-hydrogen) atoms. The van der Waals surface area contributed by atoms with Gasteiger partial charge >= 0.3 is 0 Å². The molecule has 170 valence electrons. The van der Waals surface area contributed by atoms with E-state index in [1.807, 2.05) is 0 Å². The molecule has 4 rings (SSSR count). The lowest BCUT2D eigenvalue weighted by atomic mass is 9.51. The molecule has 0 N–H and O–H groups in total. The fourth-order valence-corrected chi connectivity index (χ4v) is 9.04. The Bertz CT molecular complexity index is 705. The second-order valence-electron chi connectivity index (χ2n) is 12.6. The Hall–Kier alpha value is -0.396. The summed E-state index contributed by atoms with van der Waals surface area (Å²) in [6.45, 7) is 16.2. The second-order valence-corrected chi connectivity index (χ2v) is 21.4. The Morgan fingerprint density at radius 2 is 1.77 bits per heavy atom. The van der Waals surface area contributed by atoms with E-state index in [4.69, 9.17) is 8.95 Å². The van der Waals surface area contributed by atoms with Gasteiger partial charge in [-0.1, -0.05) is 18.6 Å². The fraction of sp³-hybridized carbons (Fsp3) is 0.880. The second kappa shape index (κ2) is 8.18. The molecule has 0 unspecified atom stereocenters. The zero-order valence-corrected chi connectivity index (χ0v) is 22.6. The minimum atomic E-state index is -1.58. The molecule has 6 atom stereocenters. The molecule has 3 fully saturated rings. The van der Waals surface area contributed by atoms with Gasteiger partial charge in [0.25, 0.3) is 8.32 Å². The molecular formula is C25H45NO2Si2. The Labute approximate surface area is 187 Å². The molecule has 0 bridgehead atoms. The van der Waals surface area contributed by atoms with E-state index in [9.17, 15) is 0 Å². The molecule has 0 radical (unpaired) electrons. The van der Waals surface area contributed by atoms with E-state index in [0.717, 1.165) is 36.5 Å². The van der Waals surface area contributed by atoms with Gasteiger partial charge < -0.3 is 8.95 Å². The van der Waals surface area contributed by atoms with Crippen molar-refractivity contribution in [3.63, 3.8) is 0 Å². The zero-order chi connectivity index (χ0) is 21.7. The molecule has 4 aliphatic rings. The van der Waals surface area contributed by atoms with E-state index in [0.29, 0.717) is 11.5 Å². The largest absolute Gasteiger partial charge is 0.456 e. The molecule has 0 spiro atoms. The van der Waals surface area contributed by atoms with Crippen LogP contribution in [-0.4, -0.2) is 28.5 Å².